The maximum Gasteiger partial charge on any atom is 0.309 e. The Bertz CT molecular complexity index is 915. The number of carboxylic acid groups (broad SMARTS) is 1. The highest BCUT2D eigenvalue weighted by Crippen LogP contribution is 2.30. The van der Waals surface area contributed by atoms with Gasteiger partial charge >= 0.3 is 5.97 Å². The maximum absolute atomic E-state index is 11.5. The van der Waals surface area contributed by atoms with Crippen LogP contribution in [0.1, 0.15) is 24.5 Å². The second-order valence-electron chi connectivity index (χ2n) is 5.94. The van der Waals surface area contributed by atoms with Crippen molar-refractivity contribution in [1.82, 2.24) is 0 Å². The van der Waals surface area contributed by atoms with E-state index in [1.807, 2.05) is 24.3 Å². The lowest BCUT2D eigenvalue weighted by Crippen LogP contribution is -2.06. The first-order valence-corrected chi connectivity index (χ1v) is 9.56. The molecule has 6 nitrogen and oxygen atoms in total. The van der Waals surface area contributed by atoms with Crippen LogP contribution in [-0.2, 0) is 19.5 Å². The Morgan fingerprint density at radius 2 is 1.68 bits per heavy atom. The number of benzene rings is 2. The predicted octanol–water partition coefficient (Wildman–Crippen LogP) is 3.05. The van der Waals surface area contributed by atoms with Crippen LogP contribution < -0.4 is 0 Å². The van der Waals surface area contributed by atoms with E-state index in [1.165, 1.54) is 6.26 Å². The molecule has 1 heterocycles. The van der Waals surface area contributed by atoms with Gasteiger partial charge in [0.15, 0.2) is 15.9 Å². The van der Waals surface area contributed by atoms with Crippen LogP contribution in [0.2, 0.25) is 0 Å². The summed E-state index contributed by atoms with van der Waals surface area (Å²) in [7, 11) is -3.20. The predicted molar refractivity (Wildman–Crippen MR) is 93.1 cm³/mol. The van der Waals surface area contributed by atoms with E-state index < -0.39 is 15.8 Å². The number of sulfone groups is 1. The molecule has 0 spiro atoms. The third kappa shape index (κ3) is 4.06. The molecule has 1 aliphatic rings. The molecule has 1 atom stereocenters. The Labute approximate surface area is 145 Å². The molecule has 3 rings (SSSR count). The van der Waals surface area contributed by atoms with Crippen molar-refractivity contribution in [3.05, 3.63) is 54.1 Å². The first-order valence-electron chi connectivity index (χ1n) is 7.67. The third-order valence-electron chi connectivity index (χ3n) is 3.98. The molecule has 7 heteroatoms. The van der Waals surface area contributed by atoms with Crippen LogP contribution in [0.3, 0.4) is 0 Å². The van der Waals surface area contributed by atoms with Crippen molar-refractivity contribution in [2.75, 3.05) is 6.26 Å². The molecule has 1 aliphatic heterocycles. The SMILES string of the molecule is CS(=O)(=O)c1ccc(-c2ccc(C3CC(CC(=O)O)=NO3)cc2)cc1. The van der Waals surface area contributed by atoms with Gasteiger partial charge in [-0.2, -0.15) is 0 Å². The van der Waals surface area contributed by atoms with Crippen LogP contribution in [-0.4, -0.2) is 31.5 Å². The van der Waals surface area contributed by atoms with Crippen LogP contribution in [0.25, 0.3) is 11.1 Å². The minimum Gasteiger partial charge on any atom is -0.481 e. The maximum atomic E-state index is 11.5. The molecular formula is C18H17NO5S. The van der Waals surface area contributed by atoms with Gasteiger partial charge in [-0.3, -0.25) is 4.79 Å². The van der Waals surface area contributed by atoms with E-state index in [-0.39, 0.29) is 17.4 Å². The lowest BCUT2D eigenvalue weighted by atomic mass is 9.99. The van der Waals surface area contributed by atoms with Crippen molar-refractivity contribution in [3.63, 3.8) is 0 Å². The van der Waals surface area contributed by atoms with E-state index in [2.05, 4.69) is 5.16 Å². The number of aliphatic carboxylic acids is 1. The van der Waals surface area contributed by atoms with Crippen molar-refractivity contribution in [2.45, 2.75) is 23.8 Å². The molecule has 25 heavy (non-hydrogen) atoms. The van der Waals surface area contributed by atoms with Gasteiger partial charge in [-0.15, -0.1) is 0 Å². The normalized spacial score (nSPS) is 17.0. The van der Waals surface area contributed by atoms with Gasteiger partial charge in [0.05, 0.1) is 17.0 Å². The molecule has 2 aromatic rings. The Morgan fingerprint density at radius 1 is 1.12 bits per heavy atom. The zero-order chi connectivity index (χ0) is 18.0. The van der Waals surface area contributed by atoms with Crippen molar-refractivity contribution in [3.8, 4) is 11.1 Å². The third-order valence-corrected chi connectivity index (χ3v) is 5.11. The first kappa shape index (κ1) is 17.2. The van der Waals surface area contributed by atoms with Gasteiger partial charge in [0.1, 0.15) is 0 Å². The van der Waals surface area contributed by atoms with Crippen molar-refractivity contribution in [1.29, 1.82) is 0 Å². The topological polar surface area (TPSA) is 93.0 Å². The standard InChI is InChI=1S/C18H17NO5S/c1-25(22,23)16-8-6-13(7-9-16)12-2-4-14(5-3-12)17-10-15(19-24-17)11-18(20)21/h2-9,17H,10-11H2,1H3,(H,20,21). The summed E-state index contributed by atoms with van der Waals surface area (Å²) in [5, 5.41) is 12.6. The Balaban J connectivity index is 1.72. The molecule has 1 unspecified atom stereocenters. The minimum atomic E-state index is -3.20. The molecule has 2 aromatic carbocycles. The number of hydrogen-bond acceptors (Lipinski definition) is 5. The molecule has 0 saturated carbocycles. The molecule has 0 amide bonds. The summed E-state index contributed by atoms with van der Waals surface area (Å²) in [5.74, 6) is -0.920. The molecule has 0 bridgehead atoms. The summed E-state index contributed by atoms with van der Waals surface area (Å²) in [6.45, 7) is 0. The van der Waals surface area contributed by atoms with Crippen LogP contribution in [0.5, 0.6) is 0 Å². The van der Waals surface area contributed by atoms with Gasteiger partial charge < -0.3 is 9.94 Å². The first-order chi connectivity index (χ1) is 11.8. The Morgan fingerprint density at radius 3 is 2.20 bits per heavy atom. The molecule has 0 aromatic heterocycles. The second-order valence-corrected chi connectivity index (χ2v) is 7.96. The molecule has 0 radical (unpaired) electrons. The molecular weight excluding hydrogens is 342 g/mol. The number of carboxylic acids is 1. The van der Waals surface area contributed by atoms with Crippen LogP contribution in [0, 0.1) is 0 Å². The van der Waals surface area contributed by atoms with Gasteiger partial charge in [-0.05, 0) is 28.8 Å². The van der Waals surface area contributed by atoms with Gasteiger partial charge in [-0.25, -0.2) is 8.42 Å². The number of rotatable bonds is 5. The average molecular weight is 359 g/mol. The highest BCUT2D eigenvalue weighted by Gasteiger charge is 2.24. The van der Waals surface area contributed by atoms with E-state index in [0.717, 1.165) is 16.7 Å². The zero-order valence-corrected chi connectivity index (χ0v) is 14.4. The van der Waals surface area contributed by atoms with Crippen molar-refractivity contribution < 1.29 is 23.2 Å². The summed E-state index contributed by atoms with van der Waals surface area (Å²) in [5.41, 5.74) is 3.31. The largest absolute Gasteiger partial charge is 0.481 e. The van der Waals surface area contributed by atoms with E-state index in [1.54, 1.807) is 24.3 Å². The quantitative estimate of drug-likeness (QED) is 0.886. The molecule has 130 valence electrons. The van der Waals surface area contributed by atoms with Gasteiger partial charge in [-0.1, -0.05) is 41.6 Å². The summed E-state index contributed by atoms with van der Waals surface area (Å²) >= 11 is 0. The van der Waals surface area contributed by atoms with Crippen LogP contribution in [0.4, 0.5) is 0 Å². The number of nitrogens with zero attached hydrogens (tertiary/aromatic N) is 1. The highest BCUT2D eigenvalue weighted by atomic mass is 32.2. The van der Waals surface area contributed by atoms with E-state index in [0.29, 0.717) is 12.1 Å². The number of hydrogen-bond donors (Lipinski definition) is 1. The molecule has 1 N–H and O–H groups in total. The fourth-order valence-corrected chi connectivity index (χ4v) is 3.30. The molecule has 0 aliphatic carbocycles. The second kappa shape index (κ2) is 6.68. The Hall–Kier alpha value is -2.67. The molecule has 0 saturated heterocycles. The van der Waals surface area contributed by atoms with Crippen LogP contribution >= 0.6 is 0 Å². The van der Waals surface area contributed by atoms with Gasteiger partial charge in [0.2, 0.25) is 0 Å². The summed E-state index contributed by atoms with van der Waals surface area (Å²) < 4.78 is 23.0. The van der Waals surface area contributed by atoms with Crippen molar-refractivity contribution >= 4 is 21.5 Å². The Kier molecular flexibility index (Phi) is 4.59. The fraction of sp³-hybridized carbons (Fsp3) is 0.222. The van der Waals surface area contributed by atoms with E-state index in [9.17, 15) is 13.2 Å². The van der Waals surface area contributed by atoms with Crippen molar-refractivity contribution in [2.24, 2.45) is 5.16 Å². The number of carbonyl (C=O) groups is 1. The monoisotopic (exact) mass is 359 g/mol. The fourth-order valence-electron chi connectivity index (χ4n) is 2.67. The van der Waals surface area contributed by atoms with E-state index in [4.69, 9.17) is 9.94 Å². The van der Waals surface area contributed by atoms with Crippen LogP contribution in [0.15, 0.2) is 58.6 Å². The zero-order valence-electron chi connectivity index (χ0n) is 13.5. The summed E-state index contributed by atoms with van der Waals surface area (Å²) in [6, 6.07) is 14.4. The average Bonchev–Trinajstić information content (AvgIpc) is 3.02. The molecule has 0 fully saturated rings. The summed E-state index contributed by atoms with van der Waals surface area (Å²) in [6.07, 6.45) is 1.27. The van der Waals surface area contributed by atoms with Gasteiger partial charge in [0, 0.05) is 12.7 Å². The highest BCUT2D eigenvalue weighted by molar-refractivity contribution is 7.90. The smallest absolute Gasteiger partial charge is 0.309 e. The lowest BCUT2D eigenvalue weighted by Gasteiger charge is -2.10. The minimum absolute atomic E-state index is 0.110. The summed E-state index contributed by atoms with van der Waals surface area (Å²) in [4.78, 5) is 16.3. The lowest BCUT2D eigenvalue weighted by molar-refractivity contribution is -0.135. The van der Waals surface area contributed by atoms with E-state index >= 15 is 0 Å². The number of oxime groups is 1. The van der Waals surface area contributed by atoms with Gasteiger partial charge in [0.25, 0.3) is 0 Å².